The Labute approximate surface area is 110 Å². The van der Waals surface area contributed by atoms with E-state index in [2.05, 4.69) is 0 Å². The van der Waals surface area contributed by atoms with Crippen LogP contribution in [0.5, 0.6) is 0 Å². The van der Waals surface area contributed by atoms with Crippen molar-refractivity contribution in [1.29, 1.82) is 0 Å². The first-order valence-electron chi connectivity index (χ1n) is 6.59. The third-order valence-corrected chi connectivity index (χ3v) is 3.99. The van der Waals surface area contributed by atoms with Crippen molar-refractivity contribution >= 4 is 11.9 Å². The summed E-state index contributed by atoms with van der Waals surface area (Å²) < 4.78 is 5.00. The van der Waals surface area contributed by atoms with Crippen LogP contribution in [-0.2, 0) is 14.3 Å². The average Bonchev–Trinajstić information content (AvgIpc) is 2.24. The molecule has 0 amide bonds. The first kappa shape index (κ1) is 16.9. The van der Waals surface area contributed by atoms with Gasteiger partial charge in [0.1, 0.15) is 0 Å². The van der Waals surface area contributed by atoms with Gasteiger partial charge in [0, 0.05) is 0 Å². The molecule has 0 bridgehead atoms. The number of carboxylic acid groups (broad SMARTS) is 1. The number of esters is 1. The van der Waals surface area contributed by atoms with E-state index in [0.29, 0.717) is 6.42 Å². The lowest BCUT2D eigenvalue weighted by Gasteiger charge is -2.38. The molecular formula is C14H26O4. The monoisotopic (exact) mass is 258 g/mol. The zero-order valence-corrected chi connectivity index (χ0v) is 12.3. The van der Waals surface area contributed by atoms with Crippen molar-refractivity contribution in [2.24, 2.45) is 23.2 Å². The van der Waals surface area contributed by atoms with Gasteiger partial charge >= 0.3 is 11.9 Å². The molecule has 0 saturated heterocycles. The van der Waals surface area contributed by atoms with Crippen LogP contribution < -0.4 is 0 Å². The molecule has 0 fully saturated rings. The van der Waals surface area contributed by atoms with Gasteiger partial charge in [-0.1, -0.05) is 34.6 Å². The van der Waals surface area contributed by atoms with Crippen molar-refractivity contribution in [2.75, 3.05) is 6.61 Å². The highest BCUT2D eigenvalue weighted by atomic mass is 16.5. The number of carboxylic acids is 1. The van der Waals surface area contributed by atoms with Crippen molar-refractivity contribution in [1.82, 2.24) is 0 Å². The third-order valence-electron chi connectivity index (χ3n) is 3.99. The molecule has 0 aromatic heterocycles. The van der Waals surface area contributed by atoms with Gasteiger partial charge in [-0.05, 0) is 24.7 Å². The first-order chi connectivity index (χ1) is 8.19. The second-order valence-electron chi connectivity index (χ2n) is 5.56. The van der Waals surface area contributed by atoms with E-state index in [9.17, 15) is 14.7 Å². The highest BCUT2D eigenvalue weighted by molar-refractivity contribution is 5.81. The van der Waals surface area contributed by atoms with E-state index in [1.165, 1.54) is 0 Å². The quantitative estimate of drug-likeness (QED) is 0.713. The second-order valence-corrected chi connectivity index (χ2v) is 5.56. The van der Waals surface area contributed by atoms with Crippen LogP contribution in [0.25, 0.3) is 0 Å². The Morgan fingerprint density at radius 2 is 1.72 bits per heavy atom. The van der Waals surface area contributed by atoms with Crippen molar-refractivity contribution in [3.05, 3.63) is 0 Å². The summed E-state index contributed by atoms with van der Waals surface area (Å²) in [6.45, 7) is 11.6. The Hall–Kier alpha value is -1.06. The molecule has 2 unspecified atom stereocenters. The molecule has 0 aliphatic heterocycles. The first-order valence-corrected chi connectivity index (χ1v) is 6.59. The van der Waals surface area contributed by atoms with Crippen LogP contribution >= 0.6 is 0 Å². The molecule has 106 valence electrons. The van der Waals surface area contributed by atoms with Crippen LogP contribution in [0.4, 0.5) is 0 Å². The maximum Gasteiger partial charge on any atom is 0.309 e. The van der Waals surface area contributed by atoms with Crippen LogP contribution in [-0.4, -0.2) is 23.7 Å². The number of carbonyl (C=O) groups excluding carboxylic acids is 1. The van der Waals surface area contributed by atoms with Gasteiger partial charge in [0.05, 0.1) is 18.4 Å². The largest absolute Gasteiger partial charge is 0.481 e. The fraction of sp³-hybridized carbons (Fsp3) is 0.857. The zero-order valence-electron chi connectivity index (χ0n) is 12.3. The fourth-order valence-electron chi connectivity index (χ4n) is 2.16. The summed E-state index contributed by atoms with van der Waals surface area (Å²) in [6.07, 6.45) is 0.478. The van der Waals surface area contributed by atoms with E-state index in [-0.39, 0.29) is 12.5 Å². The lowest BCUT2D eigenvalue weighted by Crippen LogP contribution is -2.43. The molecule has 1 N–H and O–H groups in total. The molecule has 18 heavy (non-hydrogen) atoms. The van der Waals surface area contributed by atoms with E-state index in [4.69, 9.17) is 4.74 Å². The molecule has 0 radical (unpaired) electrons. The molecule has 0 aromatic rings. The Kier molecular flexibility index (Phi) is 6.36. The van der Waals surface area contributed by atoms with Crippen molar-refractivity contribution in [3.8, 4) is 0 Å². The van der Waals surface area contributed by atoms with Gasteiger partial charge in [-0.15, -0.1) is 0 Å². The van der Waals surface area contributed by atoms with Gasteiger partial charge in [0.25, 0.3) is 0 Å². The second kappa shape index (κ2) is 6.76. The average molecular weight is 258 g/mol. The minimum atomic E-state index is -0.923. The smallest absolute Gasteiger partial charge is 0.309 e. The highest BCUT2D eigenvalue weighted by Crippen LogP contribution is 2.41. The molecular weight excluding hydrogens is 232 g/mol. The van der Waals surface area contributed by atoms with Crippen LogP contribution in [0, 0.1) is 23.2 Å². The zero-order chi connectivity index (χ0) is 14.5. The molecule has 4 heteroatoms. The summed E-state index contributed by atoms with van der Waals surface area (Å²) in [5.74, 6) is -2.46. The number of ether oxygens (including phenoxy) is 1. The Morgan fingerprint density at radius 1 is 1.22 bits per heavy atom. The van der Waals surface area contributed by atoms with E-state index < -0.39 is 29.2 Å². The van der Waals surface area contributed by atoms with Gasteiger partial charge in [0.15, 0.2) is 0 Å². The summed E-state index contributed by atoms with van der Waals surface area (Å²) in [5.41, 5.74) is -0.459. The van der Waals surface area contributed by atoms with Gasteiger partial charge in [-0.3, -0.25) is 9.59 Å². The standard InChI is InChI=1S/C14H26O4/c1-7-10(13(17)18-8-2)11(12(15)16)14(5,6)9(3)4/h9-11H,7-8H2,1-6H3,(H,15,16). The molecule has 0 aliphatic carbocycles. The van der Waals surface area contributed by atoms with Crippen LogP contribution in [0.3, 0.4) is 0 Å². The minimum Gasteiger partial charge on any atom is -0.481 e. The van der Waals surface area contributed by atoms with Crippen molar-refractivity contribution < 1.29 is 19.4 Å². The summed E-state index contributed by atoms with van der Waals surface area (Å²) in [4.78, 5) is 23.5. The van der Waals surface area contributed by atoms with Gasteiger partial charge in [-0.2, -0.15) is 0 Å². The topological polar surface area (TPSA) is 63.6 Å². The summed E-state index contributed by atoms with van der Waals surface area (Å²) >= 11 is 0. The van der Waals surface area contributed by atoms with E-state index in [1.54, 1.807) is 6.92 Å². The molecule has 0 aromatic carbocycles. The fourth-order valence-corrected chi connectivity index (χ4v) is 2.16. The SMILES string of the molecule is CCOC(=O)C(CC)C(C(=O)O)C(C)(C)C(C)C. The van der Waals surface area contributed by atoms with Crippen molar-refractivity contribution in [3.63, 3.8) is 0 Å². The number of carbonyl (C=O) groups is 2. The van der Waals surface area contributed by atoms with E-state index >= 15 is 0 Å². The van der Waals surface area contributed by atoms with E-state index in [1.807, 2.05) is 34.6 Å². The Morgan fingerprint density at radius 3 is 2.00 bits per heavy atom. The van der Waals surface area contributed by atoms with E-state index in [0.717, 1.165) is 0 Å². The summed E-state index contributed by atoms with van der Waals surface area (Å²) in [7, 11) is 0. The molecule has 0 aliphatic rings. The summed E-state index contributed by atoms with van der Waals surface area (Å²) in [5, 5.41) is 9.47. The van der Waals surface area contributed by atoms with Gasteiger partial charge < -0.3 is 9.84 Å². The predicted octanol–water partition coefficient (Wildman–Crippen LogP) is 2.96. The highest BCUT2D eigenvalue weighted by Gasteiger charge is 2.45. The maximum absolute atomic E-state index is 11.9. The lowest BCUT2D eigenvalue weighted by molar-refractivity contribution is -0.163. The van der Waals surface area contributed by atoms with Crippen LogP contribution in [0.1, 0.15) is 48.0 Å². The third kappa shape index (κ3) is 3.72. The molecule has 0 spiro atoms. The number of aliphatic carboxylic acids is 1. The molecule has 4 nitrogen and oxygen atoms in total. The number of hydrogen-bond donors (Lipinski definition) is 1. The Balaban J connectivity index is 5.32. The number of rotatable bonds is 7. The normalized spacial score (nSPS) is 15.3. The van der Waals surface area contributed by atoms with Crippen molar-refractivity contribution in [2.45, 2.75) is 48.0 Å². The van der Waals surface area contributed by atoms with Gasteiger partial charge in [-0.25, -0.2) is 0 Å². The molecule has 2 atom stereocenters. The predicted molar refractivity (Wildman–Crippen MR) is 70.2 cm³/mol. The Bertz CT molecular complexity index is 294. The maximum atomic E-state index is 11.9. The number of hydrogen-bond acceptors (Lipinski definition) is 3. The molecule has 0 heterocycles. The molecule has 0 saturated carbocycles. The minimum absolute atomic E-state index is 0.169. The lowest BCUT2D eigenvalue weighted by atomic mass is 9.65. The van der Waals surface area contributed by atoms with Crippen LogP contribution in [0.2, 0.25) is 0 Å². The van der Waals surface area contributed by atoms with Crippen LogP contribution in [0.15, 0.2) is 0 Å². The summed E-state index contributed by atoms with van der Waals surface area (Å²) in [6, 6.07) is 0. The van der Waals surface area contributed by atoms with Gasteiger partial charge in [0.2, 0.25) is 0 Å². The molecule has 0 rings (SSSR count).